The van der Waals surface area contributed by atoms with E-state index < -0.39 is 24.2 Å². The van der Waals surface area contributed by atoms with Crippen LogP contribution in [-0.4, -0.2) is 108 Å². The van der Waals surface area contributed by atoms with E-state index in [1.165, 1.54) is 21.6 Å². The fraction of sp³-hybridized carbons (Fsp3) is 0.833. The fourth-order valence-corrected chi connectivity index (χ4v) is 4.85. The molecular weight excluding hydrogens is 510 g/mol. The summed E-state index contributed by atoms with van der Waals surface area (Å²) in [6, 6.07) is -3.03. The molecule has 5 amide bonds. The molecule has 0 fully saturated rings. The average Bonchev–Trinajstić information content (AvgIpc) is 2.87. The number of amides is 5. The second kappa shape index (κ2) is 17.2. The van der Waals surface area contributed by atoms with Gasteiger partial charge < -0.3 is 24.9 Å². The van der Waals surface area contributed by atoms with Gasteiger partial charge in [-0.1, -0.05) is 54.9 Å². The number of hydrogen-bond donors (Lipinski definition) is 1. The molecule has 1 N–H and O–H groups in total. The Bertz CT molecular complexity index is 859. The molecule has 0 aromatic carbocycles. The Balaban J connectivity index is 6.26. The molecule has 0 rings (SSSR count). The van der Waals surface area contributed by atoms with Crippen molar-refractivity contribution in [1.29, 1.82) is 0 Å². The second-order valence-corrected chi connectivity index (χ2v) is 12.2. The lowest BCUT2D eigenvalue weighted by Crippen LogP contribution is -2.60. The van der Waals surface area contributed by atoms with E-state index in [9.17, 15) is 24.0 Å². The van der Waals surface area contributed by atoms with Crippen molar-refractivity contribution in [2.75, 3.05) is 34.7 Å². The molecule has 0 bridgehead atoms. The number of carbonyl (C=O) groups excluding carboxylic acids is 5. The lowest BCUT2D eigenvalue weighted by Gasteiger charge is -2.39. The predicted octanol–water partition coefficient (Wildman–Crippen LogP) is 3.00. The standard InChI is InChI=1S/C30H57N5O5/c1-14-16-23(28(38)32(10)15-2)31-27(37)24(17-19(3)4)34(12)30(40)26(21(7)8)35(13)29(39)25(18-20(5)6)33(11)22(9)36/h19-21,23-26H,14-18H2,1-13H3,(H,31,37). The highest BCUT2D eigenvalue weighted by molar-refractivity contribution is 5.95. The minimum atomic E-state index is -0.839. The van der Waals surface area contributed by atoms with E-state index in [-0.39, 0.29) is 47.3 Å². The van der Waals surface area contributed by atoms with Crippen molar-refractivity contribution in [2.24, 2.45) is 17.8 Å². The molecule has 0 aromatic rings. The van der Waals surface area contributed by atoms with Gasteiger partial charge in [0, 0.05) is 41.7 Å². The highest BCUT2D eigenvalue weighted by atomic mass is 16.2. The Hall–Kier alpha value is -2.65. The summed E-state index contributed by atoms with van der Waals surface area (Å²) >= 11 is 0. The van der Waals surface area contributed by atoms with Crippen molar-refractivity contribution in [3.63, 3.8) is 0 Å². The van der Waals surface area contributed by atoms with E-state index in [4.69, 9.17) is 0 Å². The second-order valence-electron chi connectivity index (χ2n) is 12.2. The van der Waals surface area contributed by atoms with E-state index in [0.717, 1.165) is 0 Å². The molecule has 10 nitrogen and oxygen atoms in total. The molecule has 0 aromatic heterocycles. The lowest BCUT2D eigenvalue weighted by atomic mass is 9.95. The molecule has 40 heavy (non-hydrogen) atoms. The zero-order chi connectivity index (χ0) is 31.5. The summed E-state index contributed by atoms with van der Waals surface area (Å²) in [5, 5.41) is 2.91. The predicted molar refractivity (Wildman–Crippen MR) is 159 cm³/mol. The molecule has 0 radical (unpaired) electrons. The molecular formula is C30H57N5O5. The molecule has 0 aliphatic heterocycles. The van der Waals surface area contributed by atoms with Gasteiger partial charge in [0.05, 0.1) is 0 Å². The average molecular weight is 568 g/mol. The van der Waals surface area contributed by atoms with Crippen molar-refractivity contribution >= 4 is 29.5 Å². The Morgan fingerprint density at radius 2 is 1.18 bits per heavy atom. The first-order valence-corrected chi connectivity index (χ1v) is 14.7. The summed E-state index contributed by atoms with van der Waals surface area (Å²) < 4.78 is 0. The minimum absolute atomic E-state index is 0.0983. The van der Waals surface area contributed by atoms with Crippen LogP contribution in [0.25, 0.3) is 0 Å². The minimum Gasteiger partial charge on any atom is -0.344 e. The maximum absolute atomic E-state index is 14.0. The Labute approximate surface area is 243 Å². The molecule has 0 saturated carbocycles. The first-order chi connectivity index (χ1) is 18.4. The molecule has 4 atom stereocenters. The number of hydrogen-bond acceptors (Lipinski definition) is 5. The molecule has 0 heterocycles. The van der Waals surface area contributed by atoms with Crippen LogP contribution in [0, 0.1) is 17.8 Å². The van der Waals surface area contributed by atoms with Crippen LogP contribution in [0.15, 0.2) is 0 Å². The van der Waals surface area contributed by atoms with Gasteiger partial charge in [0.25, 0.3) is 0 Å². The van der Waals surface area contributed by atoms with Gasteiger partial charge in [0.15, 0.2) is 0 Å². The van der Waals surface area contributed by atoms with Crippen molar-refractivity contribution < 1.29 is 24.0 Å². The summed E-state index contributed by atoms with van der Waals surface area (Å²) in [6.45, 7) is 17.4. The third kappa shape index (κ3) is 10.7. The number of nitrogens with zero attached hydrogens (tertiary/aromatic N) is 4. The number of rotatable bonds is 16. The van der Waals surface area contributed by atoms with Crippen molar-refractivity contribution in [3.05, 3.63) is 0 Å². The van der Waals surface area contributed by atoms with Gasteiger partial charge in [-0.25, -0.2) is 0 Å². The van der Waals surface area contributed by atoms with Crippen LogP contribution in [-0.2, 0) is 24.0 Å². The highest BCUT2D eigenvalue weighted by Crippen LogP contribution is 2.21. The molecule has 232 valence electrons. The van der Waals surface area contributed by atoms with E-state index in [0.29, 0.717) is 32.2 Å². The summed E-state index contributed by atoms with van der Waals surface area (Å²) in [4.78, 5) is 72.3. The lowest BCUT2D eigenvalue weighted by molar-refractivity contribution is -0.153. The van der Waals surface area contributed by atoms with E-state index in [1.807, 2.05) is 55.4 Å². The molecule has 4 unspecified atom stereocenters. The Kier molecular flexibility index (Phi) is 16.1. The van der Waals surface area contributed by atoms with Gasteiger partial charge in [-0.2, -0.15) is 0 Å². The summed E-state index contributed by atoms with van der Waals surface area (Å²) in [7, 11) is 6.49. The van der Waals surface area contributed by atoms with Crippen molar-refractivity contribution in [2.45, 2.75) is 112 Å². The van der Waals surface area contributed by atoms with Gasteiger partial charge in [0.2, 0.25) is 29.5 Å². The topological polar surface area (TPSA) is 110 Å². The first kappa shape index (κ1) is 37.4. The van der Waals surface area contributed by atoms with Crippen LogP contribution in [0.1, 0.15) is 88.0 Å². The van der Waals surface area contributed by atoms with Crippen LogP contribution in [0.5, 0.6) is 0 Å². The van der Waals surface area contributed by atoms with Crippen LogP contribution in [0.3, 0.4) is 0 Å². The molecule has 0 saturated heterocycles. The molecule has 0 spiro atoms. The Morgan fingerprint density at radius 3 is 1.57 bits per heavy atom. The molecule has 0 aliphatic rings. The normalized spacial score (nSPS) is 14.4. The Morgan fingerprint density at radius 1 is 0.675 bits per heavy atom. The molecule has 10 heteroatoms. The highest BCUT2D eigenvalue weighted by Gasteiger charge is 2.40. The largest absolute Gasteiger partial charge is 0.344 e. The summed E-state index contributed by atoms with van der Waals surface area (Å²) in [5.41, 5.74) is 0. The van der Waals surface area contributed by atoms with Gasteiger partial charge in [-0.05, 0) is 43.9 Å². The third-order valence-corrected chi connectivity index (χ3v) is 7.45. The van der Waals surface area contributed by atoms with Crippen LogP contribution in [0.4, 0.5) is 0 Å². The van der Waals surface area contributed by atoms with Gasteiger partial charge >= 0.3 is 0 Å². The number of carbonyl (C=O) groups is 5. The zero-order valence-corrected chi connectivity index (χ0v) is 27.4. The van der Waals surface area contributed by atoms with Crippen LogP contribution < -0.4 is 5.32 Å². The summed E-state index contributed by atoms with van der Waals surface area (Å²) in [6.07, 6.45) is 2.07. The quantitative estimate of drug-likeness (QED) is 0.308. The maximum atomic E-state index is 14.0. The SMILES string of the molecule is CCCC(NC(=O)C(CC(C)C)N(C)C(=O)C(C(C)C)N(C)C(=O)C(CC(C)C)N(C)C(C)=O)C(=O)N(C)CC. The zero-order valence-electron chi connectivity index (χ0n) is 27.4. The molecule has 0 aliphatic carbocycles. The van der Waals surface area contributed by atoms with Crippen LogP contribution in [0.2, 0.25) is 0 Å². The van der Waals surface area contributed by atoms with Gasteiger partial charge in [-0.3, -0.25) is 24.0 Å². The van der Waals surface area contributed by atoms with E-state index >= 15 is 0 Å². The smallest absolute Gasteiger partial charge is 0.246 e. The van der Waals surface area contributed by atoms with E-state index in [1.54, 1.807) is 33.1 Å². The monoisotopic (exact) mass is 567 g/mol. The number of likely N-dealkylation sites (N-methyl/N-ethyl adjacent to an activating group) is 4. The van der Waals surface area contributed by atoms with Crippen LogP contribution >= 0.6 is 0 Å². The van der Waals surface area contributed by atoms with Crippen molar-refractivity contribution in [1.82, 2.24) is 24.9 Å². The maximum Gasteiger partial charge on any atom is 0.246 e. The van der Waals surface area contributed by atoms with Gasteiger partial charge in [-0.15, -0.1) is 0 Å². The first-order valence-electron chi connectivity index (χ1n) is 14.7. The van der Waals surface area contributed by atoms with E-state index in [2.05, 4.69) is 5.32 Å². The fourth-order valence-electron chi connectivity index (χ4n) is 4.85. The van der Waals surface area contributed by atoms with Gasteiger partial charge in [0.1, 0.15) is 24.2 Å². The van der Waals surface area contributed by atoms with Crippen molar-refractivity contribution in [3.8, 4) is 0 Å². The summed E-state index contributed by atoms with van der Waals surface area (Å²) in [5.74, 6) is -1.43. The number of nitrogens with one attached hydrogen (secondary N) is 1. The third-order valence-electron chi connectivity index (χ3n) is 7.45.